The van der Waals surface area contributed by atoms with Crippen molar-refractivity contribution in [1.29, 1.82) is 0 Å². The Bertz CT molecular complexity index is 689. The summed E-state index contributed by atoms with van der Waals surface area (Å²) in [6.07, 6.45) is 0.121. The van der Waals surface area contributed by atoms with Gasteiger partial charge < -0.3 is 15.4 Å². The molecular formula is C16H17ClN2O3S. The lowest BCUT2D eigenvalue weighted by atomic mass is 10.1. The molecule has 5 nitrogen and oxygen atoms in total. The molecule has 2 rings (SSSR count). The molecule has 1 atom stereocenters. The first kappa shape index (κ1) is 17.3. The van der Waals surface area contributed by atoms with Crippen molar-refractivity contribution in [1.82, 2.24) is 5.32 Å². The highest BCUT2D eigenvalue weighted by Gasteiger charge is 2.19. The van der Waals surface area contributed by atoms with Gasteiger partial charge in [-0.05, 0) is 29.6 Å². The van der Waals surface area contributed by atoms with Crippen molar-refractivity contribution < 1.29 is 14.3 Å². The predicted octanol–water partition coefficient (Wildman–Crippen LogP) is 3.62. The molecule has 2 amide bonds. The topological polar surface area (TPSA) is 67.4 Å². The first-order valence-electron chi connectivity index (χ1n) is 6.93. The van der Waals surface area contributed by atoms with Crippen LogP contribution in [0.25, 0.3) is 0 Å². The van der Waals surface area contributed by atoms with Gasteiger partial charge in [0, 0.05) is 16.8 Å². The second-order valence-electron chi connectivity index (χ2n) is 4.87. The lowest BCUT2D eigenvalue weighted by Crippen LogP contribution is -2.29. The van der Waals surface area contributed by atoms with Crippen LogP contribution in [0.4, 0.5) is 5.69 Å². The highest BCUT2D eigenvalue weighted by molar-refractivity contribution is 7.10. The zero-order valence-corrected chi connectivity index (χ0v) is 14.3. The molecule has 0 fully saturated rings. The molecule has 2 aromatic rings. The summed E-state index contributed by atoms with van der Waals surface area (Å²) in [5.41, 5.74) is 0.498. The third-order valence-corrected chi connectivity index (χ3v) is 4.31. The van der Waals surface area contributed by atoms with E-state index in [1.165, 1.54) is 25.4 Å². The number of ether oxygens (including phenoxy) is 1. The zero-order valence-electron chi connectivity index (χ0n) is 12.8. The van der Waals surface area contributed by atoms with Crippen LogP contribution in [-0.2, 0) is 9.59 Å². The van der Waals surface area contributed by atoms with Gasteiger partial charge in [-0.3, -0.25) is 9.59 Å². The van der Waals surface area contributed by atoms with Crippen molar-refractivity contribution >= 4 is 40.4 Å². The van der Waals surface area contributed by atoms with E-state index >= 15 is 0 Å². The lowest BCUT2D eigenvalue weighted by Gasteiger charge is -2.17. The largest absolute Gasteiger partial charge is 0.495 e. The minimum absolute atomic E-state index is 0.121. The zero-order chi connectivity index (χ0) is 16.8. The van der Waals surface area contributed by atoms with Crippen LogP contribution >= 0.6 is 22.9 Å². The number of amides is 2. The predicted molar refractivity (Wildman–Crippen MR) is 92.1 cm³/mol. The number of hydrogen-bond acceptors (Lipinski definition) is 4. The minimum atomic E-state index is -0.363. The summed E-state index contributed by atoms with van der Waals surface area (Å²) >= 11 is 7.44. The molecule has 122 valence electrons. The van der Waals surface area contributed by atoms with Crippen molar-refractivity contribution in [2.75, 3.05) is 12.4 Å². The van der Waals surface area contributed by atoms with Crippen LogP contribution in [0.15, 0.2) is 35.7 Å². The molecule has 1 heterocycles. The quantitative estimate of drug-likeness (QED) is 0.834. The summed E-state index contributed by atoms with van der Waals surface area (Å²) in [6, 6.07) is 8.39. The van der Waals surface area contributed by atoms with Gasteiger partial charge in [-0.1, -0.05) is 17.7 Å². The van der Waals surface area contributed by atoms with Crippen LogP contribution < -0.4 is 15.4 Å². The third kappa shape index (κ3) is 4.97. The van der Waals surface area contributed by atoms with Gasteiger partial charge in [-0.15, -0.1) is 11.3 Å². The molecule has 0 aliphatic carbocycles. The van der Waals surface area contributed by atoms with E-state index < -0.39 is 0 Å². The van der Waals surface area contributed by atoms with Crippen LogP contribution in [0.1, 0.15) is 24.3 Å². The molecular weight excluding hydrogens is 336 g/mol. The maximum atomic E-state index is 12.3. The molecule has 0 aliphatic heterocycles. The lowest BCUT2D eigenvalue weighted by molar-refractivity contribution is -0.120. The maximum Gasteiger partial charge on any atom is 0.226 e. The average molecular weight is 353 g/mol. The minimum Gasteiger partial charge on any atom is -0.495 e. The SMILES string of the molecule is COc1ccc(Cl)cc1NC(=O)CC(NC(C)=O)c1cccs1. The number of rotatable bonds is 6. The number of carbonyl (C=O) groups is 2. The summed E-state index contributed by atoms with van der Waals surface area (Å²) in [7, 11) is 1.52. The van der Waals surface area contributed by atoms with Crippen molar-refractivity contribution in [2.24, 2.45) is 0 Å². The Kier molecular flexibility index (Phi) is 6.01. The number of anilines is 1. The third-order valence-electron chi connectivity index (χ3n) is 3.09. The van der Waals surface area contributed by atoms with Gasteiger partial charge in [-0.25, -0.2) is 0 Å². The number of methoxy groups -OCH3 is 1. The first-order chi connectivity index (χ1) is 11.0. The summed E-state index contributed by atoms with van der Waals surface area (Å²) in [5.74, 6) is 0.101. The van der Waals surface area contributed by atoms with E-state index in [9.17, 15) is 9.59 Å². The molecule has 2 N–H and O–H groups in total. The Balaban J connectivity index is 2.10. The number of halogens is 1. The molecule has 0 radical (unpaired) electrons. The molecule has 23 heavy (non-hydrogen) atoms. The fourth-order valence-corrected chi connectivity index (χ4v) is 3.07. The monoisotopic (exact) mass is 352 g/mol. The number of benzene rings is 1. The molecule has 0 aliphatic rings. The van der Waals surface area contributed by atoms with E-state index in [4.69, 9.17) is 16.3 Å². The van der Waals surface area contributed by atoms with E-state index in [-0.39, 0.29) is 24.3 Å². The second-order valence-corrected chi connectivity index (χ2v) is 6.28. The molecule has 1 unspecified atom stereocenters. The van der Waals surface area contributed by atoms with Crippen molar-refractivity contribution in [2.45, 2.75) is 19.4 Å². The van der Waals surface area contributed by atoms with Gasteiger partial charge in [-0.2, -0.15) is 0 Å². The summed E-state index contributed by atoms with van der Waals surface area (Å²) in [5, 5.41) is 7.97. The van der Waals surface area contributed by atoms with Gasteiger partial charge in [0.25, 0.3) is 0 Å². The van der Waals surface area contributed by atoms with E-state index in [0.29, 0.717) is 16.5 Å². The average Bonchev–Trinajstić information content (AvgIpc) is 3.00. The van der Waals surface area contributed by atoms with Crippen LogP contribution in [-0.4, -0.2) is 18.9 Å². The van der Waals surface area contributed by atoms with E-state index in [2.05, 4.69) is 10.6 Å². The van der Waals surface area contributed by atoms with E-state index in [1.807, 2.05) is 17.5 Å². The van der Waals surface area contributed by atoms with Gasteiger partial charge >= 0.3 is 0 Å². The van der Waals surface area contributed by atoms with Crippen LogP contribution in [0.2, 0.25) is 5.02 Å². The summed E-state index contributed by atoms with van der Waals surface area (Å²) in [4.78, 5) is 24.6. The summed E-state index contributed by atoms with van der Waals surface area (Å²) in [6.45, 7) is 1.43. The Morgan fingerprint density at radius 2 is 2.13 bits per heavy atom. The molecule has 0 saturated heterocycles. The fraction of sp³-hybridized carbons (Fsp3) is 0.250. The molecule has 0 bridgehead atoms. The van der Waals surface area contributed by atoms with E-state index in [0.717, 1.165) is 4.88 Å². The highest BCUT2D eigenvalue weighted by Crippen LogP contribution is 2.29. The molecule has 1 aromatic carbocycles. The standard InChI is InChI=1S/C16H17ClN2O3S/c1-10(20)18-13(15-4-3-7-23-15)9-16(21)19-12-8-11(17)5-6-14(12)22-2/h3-8,13H,9H2,1-2H3,(H,18,20)(H,19,21). The maximum absolute atomic E-state index is 12.3. The normalized spacial score (nSPS) is 11.6. The number of thiophene rings is 1. The van der Waals surface area contributed by atoms with E-state index in [1.54, 1.807) is 18.2 Å². The number of carbonyl (C=O) groups excluding carboxylic acids is 2. The van der Waals surface area contributed by atoms with Gasteiger partial charge in [0.1, 0.15) is 5.75 Å². The molecule has 7 heteroatoms. The summed E-state index contributed by atoms with van der Waals surface area (Å²) < 4.78 is 5.20. The van der Waals surface area contributed by atoms with Gasteiger partial charge in [0.05, 0.1) is 25.3 Å². The number of nitrogens with one attached hydrogen (secondary N) is 2. The Morgan fingerprint density at radius 1 is 1.35 bits per heavy atom. The first-order valence-corrected chi connectivity index (χ1v) is 8.19. The molecule has 0 spiro atoms. The van der Waals surface area contributed by atoms with Gasteiger partial charge in [0.2, 0.25) is 11.8 Å². The Hall–Kier alpha value is -2.05. The Labute approximate surface area is 143 Å². The van der Waals surface area contributed by atoms with Gasteiger partial charge in [0.15, 0.2) is 0 Å². The fourth-order valence-electron chi connectivity index (χ4n) is 2.12. The van der Waals surface area contributed by atoms with Crippen molar-refractivity contribution in [3.8, 4) is 5.75 Å². The Morgan fingerprint density at radius 3 is 2.74 bits per heavy atom. The molecule has 0 saturated carbocycles. The van der Waals surface area contributed by atoms with Crippen molar-refractivity contribution in [3.63, 3.8) is 0 Å². The highest BCUT2D eigenvalue weighted by atomic mass is 35.5. The van der Waals surface area contributed by atoms with Crippen molar-refractivity contribution in [3.05, 3.63) is 45.6 Å². The smallest absolute Gasteiger partial charge is 0.226 e. The van der Waals surface area contributed by atoms with Crippen LogP contribution in [0.3, 0.4) is 0 Å². The van der Waals surface area contributed by atoms with Crippen LogP contribution in [0.5, 0.6) is 5.75 Å². The second kappa shape index (κ2) is 7.99. The van der Waals surface area contributed by atoms with Crippen LogP contribution in [0, 0.1) is 0 Å². The number of hydrogen-bond donors (Lipinski definition) is 2. The molecule has 1 aromatic heterocycles.